The molecule has 1 N–H and O–H groups in total. The van der Waals surface area contributed by atoms with Crippen molar-refractivity contribution in [2.75, 3.05) is 7.11 Å². The Bertz CT molecular complexity index is 1260. The first kappa shape index (κ1) is 23.7. The van der Waals surface area contributed by atoms with Gasteiger partial charge in [-0.05, 0) is 48.0 Å². The number of nitro groups is 1. The molecule has 0 radical (unpaired) electrons. The molecule has 9 nitrogen and oxygen atoms in total. The molecule has 0 fully saturated rings. The number of nitrogens with zero attached hydrogens (tertiary/aromatic N) is 2. The van der Waals surface area contributed by atoms with Crippen LogP contribution < -0.4 is 14.9 Å². The van der Waals surface area contributed by atoms with Gasteiger partial charge in [0.1, 0.15) is 0 Å². The third kappa shape index (κ3) is 6.06. The third-order valence-corrected chi connectivity index (χ3v) is 4.98. The minimum Gasteiger partial charge on any atom is -0.493 e. The summed E-state index contributed by atoms with van der Waals surface area (Å²) in [7, 11) is 1.40. The van der Waals surface area contributed by atoms with E-state index in [1.807, 2.05) is 0 Å². The summed E-state index contributed by atoms with van der Waals surface area (Å²) in [5, 5.41) is 15.2. The number of nitro benzene ring substituents is 1. The lowest BCUT2D eigenvalue weighted by Gasteiger charge is -2.10. The van der Waals surface area contributed by atoms with E-state index in [1.54, 1.807) is 12.1 Å². The van der Waals surface area contributed by atoms with Gasteiger partial charge in [0, 0.05) is 17.7 Å². The Morgan fingerprint density at radius 2 is 1.79 bits per heavy atom. The highest BCUT2D eigenvalue weighted by Crippen LogP contribution is 2.29. The van der Waals surface area contributed by atoms with Gasteiger partial charge in [0.05, 0.1) is 33.9 Å². The number of halogens is 2. The van der Waals surface area contributed by atoms with Gasteiger partial charge in [0.25, 0.3) is 11.6 Å². The molecule has 33 heavy (non-hydrogen) atoms. The Labute approximate surface area is 197 Å². The van der Waals surface area contributed by atoms with E-state index in [4.69, 9.17) is 32.7 Å². The Kier molecular flexibility index (Phi) is 7.60. The Balaban J connectivity index is 1.69. The zero-order chi connectivity index (χ0) is 24.0. The SMILES string of the molecule is COc1cc(C=NNC(=O)c2cccc([N+](=O)[O-])c2)ccc1OC(=O)c1ccc(Cl)c(Cl)c1. The van der Waals surface area contributed by atoms with Gasteiger partial charge in [0.2, 0.25) is 0 Å². The summed E-state index contributed by atoms with van der Waals surface area (Å²) in [6.07, 6.45) is 1.34. The smallest absolute Gasteiger partial charge is 0.343 e. The summed E-state index contributed by atoms with van der Waals surface area (Å²) in [5.74, 6) is -0.865. The molecular weight excluding hydrogens is 473 g/mol. The Morgan fingerprint density at radius 3 is 2.48 bits per heavy atom. The zero-order valence-electron chi connectivity index (χ0n) is 17.0. The molecule has 0 unspecified atom stereocenters. The van der Waals surface area contributed by atoms with Gasteiger partial charge in [-0.1, -0.05) is 29.3 Å². The number of rotatable bonds is 7. The van der Waals surface area contributed by atoms with E-state index >= 15 is 0 Å². The average Bonchev–Trinajstić information content (AvgIpc) is 2.81. The molecule has 0 heterocycles. The summed E-state index contributed by atoms with van der Waals surface area (Å²) in [6.45, 7) is 0. The number of non-ortho nitro benzene ring substituents is 1. The summed E-state index contributed by atoms with van der Waals surface area (Å²) in [4.78, 5) is 34.8. The van der Waals surface area contributed by atoms with Gasteiger partial charge < -0.3 is 9.47 Å². The lowest BCUT2D eigenvalue weighted by Crippen LogP contribution is -2.17. The number of carbonyl (C=O) groups excluding carboxylic acids is 2. The third-order valence-electron chi connectivity index (χ3n) is 4.24. The van der Waals surface area contributed by atoms with Gasteiger partial charge >= 0.3 is 5.97 Å². The molecular formula is C22H15Cl2N3O6. The summed E-state index contributed by atoms with van der Waals surface area (Å²) in [6, 6.07) is 14.2. The highest BCUT2D eigenvalue weighted by atomic mass is 35.5. The highest BCUT2D eigenvalue weighted by molar-refractivity contribution is 6.42. The second kappa shape index (κ2) is 10.6. The van der Waals surface area contributed by atoms with Crippen LogP contribution in [0.3, 0.4) is 0 Å². The van der Waals surface area contributed by atoms with Crippen molar-refractivity contribution in [1.82, 2.24) is 5.43 Å². The topological polar surface area (TPSA) is 120 Å². The van der Waals surface area contributed by atoms with Gasteiger partial charge in [-0.2, -0.15) is 5.10 Å². The van der Waals surface area contributed by atoms with Gasteiger partial charge in [-0.3, -0.25) is 14.9 Å². The largest absolute Gasteiger partial charge is 0.493 e. The number of hydrogen-bond donors (Lipinski definition) is 1. The first-order chi connectivity index (χ1) is 15.8. The van der Waals surface area contributed by atoms with Crippen molar-refractivity contribution in [3.05, 3.63) is 97.5 Å². The molecule has 0 aliphatic heterocycles. The van der Waals surface area contributed by atoms with Crippen LogP contribution in [0.5, 0.6) is 11.5 Å². The first-order valence-corrected chi connectivity index (χ1v) is 9.97. The molecule has 0 bridgehead atoms. The fraction of sp³-hybridized carbons (Fsp3) is 0.0455. The van der Waals surface area contributed by atoms with E-state index in [1.165, 1.54) is 55.8 Å². The fourth-order valence-corrected chi connectivity index (χ4v) is 2.92. The molecule has 0 aliphatic rings. The van der Waals surface area contributed by atoms with Crippen molar-refractivity contribution in [2.24, 2.45) is 5.10 Å². The van der Waals surface area contributed by atoms with Crippen LogP contribution in [-0.2, 0) is 0 Å². The maximum absolute atomic E-state index is 12.4. The maximum Gasteiger partial charge on any atom is 0.343 e. The van der Waals surface area contributed by atoms with Crippen LogP contribution in [0, 0.1) is 10.1 Å². The molecule has 3 aromatic rings. The number of benzene rings is 3. The Hall–Kier alpha value is -3.95. The number of hydrogen-bond acceptors (Lipinski definition) is 7. The second-order valence-electron chi connectivity index (χ2n) is 6.44. The Morgan fingerprint density at radius 1 is 1.00 bits per heavy atom. The molecule has 168 valence electrons. The lowest BCUT2D eigenvalue weighted by molar-refractivity contribution is -0.384. The average molecular weight is 488 g/mol. The van der Waals surface area contributed by atoms with E-state index in [-0.39, 0.29) is 33.3 Å². The number of carbonyl (C=O) groups is 2. The van der Waals surface area contributed by atoms with E-state index in [2.05, 4.69) is 10.5 Å². The number of hydrazone groups is 1. The van der Waals surface area contributed by atoms with Crippen LogP contribution in [-0.4, -0.2) is 30.1 Å². The second-order valence-corrected chi connectivity index (χ2v) is 7.25. The summed E-state index contributed by atoms with van der Waals surface area (Å²) in [5.41, 5.74) is 2.91. The van der Waals surface area contributed by atoms with Crippen molar-refractivity contribution in [2.45, 2.75) is 0 Å². The van der Waals surface area contributed by atoms with Crippen LogP contribution in [0.25, 0.3) is 0 Å². The standard InChI is InChI=1S/C22H15Cl2N3O6/c1-32-20-9-13(12-25-26-21(28)14-3-2-4-16(10-14)27(30)31)5-8-19(20)33-22(29)15-6-7-17(23)18(24)11-15/h2-12H,1H3,(H,26,28). The monoisotopic (exact) mass is 487 g/mol. The predicted octanol–water partition coefficient (Wildman–Crippen LogP) is 4.89. The van der Waals surface area contributed by atoms with Crippen molar-refractivity contribution in [3.63, 3.8) is 0 Å². The zero-order valence-corrected chi connectivity index (χ0v) is 18.5. The van der Waals surface area contributed by atoms with E-state index in [0.29, 0.717) is 10.6 Å². The minimum atomic E-state index is -0.655. The number of ether oxygens (including phenoxy) is 2. The van der Waals surface area contributed by atoms with E-state index in [0.717, 1.165) is 6.07 Å². The number of amides is 1. The normalized spacial score (nSPS) is 10.6. The fourth-order valence-electron chi connectivity index (χ4n) is 2.62. The minimum absolute atomic E-state index is 0.0866. The molecule has 11 heteroatoms. The summed E-state index contributed by atoms with van der Waals surface area (Å²) < 4.78 is 10.6. The quantitative estimate of drug-likeness (QED) is 0.166. The van der Waals surface area contributed by atoms with Crippen LogP contribution >= 0.6 is 23.2 Å². The molecule has 0 atom stereocenters. The van der Waals surface area contributed by atoms with Crippen LogP contribution in [0.1, 0.15) is 26.3 Å². The van der Waals surface area contributed by atoms with Crippen LogP contribution in [0.4, 0.5) is 5.69 Å². The molecule has 3 aromatic carbocycles. The molecule has 1 amide bonds. The van der Waals surface area contributed by atoms with Gasteiger partial charge in [0.15, 0.2) is 11.5 Å². The maximum atomic E-state index is 12.4. The molecule has 0 saturated carbocycles. The van der Waals surface area contributed by atoms with E-state index in [9.17, 15) is 19.7 Å². The molecule has 0 saturated heterocycles. The van der Waals surface area contributed by atoms with Crippen LogP contribution in [0.2, 0.25) is 10.0 Å². The lowest BCUT2D eigenvalue weighted by atomic mass is 10.2. The summed E-state index contributed by atoms with van der Waals surface area (Å²) >= 11 is 11.8. The van der Waals surface area contributed by atoms with Crippen molar-refractivity contribution >= 4 is 47.0 Å². The van der Waals surface area contributed by atoms with Gasteiger partial charge in [-0.25, -0.2) is 10.2 Å². The molecule has 3 rings (SSSR count). The molecule has 0 aliphatic carbocycles. The first-order valence-electron chi connectivity index (χ1n) is 9.21. The van der Waals surface area contributed by atoms with Crippen molar-refractivity contribution < 1.29 is 24.0 Å². The van der Waals surface area contributed by atoms with Crippen LogP contribution in [0.15, 0.2) is 65.8 Å². The van der Waals surface area contributed by atoms with Crippen molar-refractivity contribution in [1.29, 1.82) is 0 Å². The van der Waals surface area contributed by atoms with Gasteiger partial charge in [-0.15, -0.1) is 0 Å². The highest BCUT2D eigenvalue weighted by Gasteiger charge is 2.14. The number of nitrogens with one attached hydrogen (secondary N) is 1. The molecule has 0 spiro atoms. The van der Waals surface area contributed by atoms with E-state index < -0.39 is 16.8 Å². The van der Waals surface area contributed by atoms with Crippen molar-refractivity contribution in [3.8, 4) is 11.5 Å². The molecule has 0 aromatic heterocycles. The predicted molar refractivity (Wildman–Crippen MR) is 123 cm³/mol. The number of methoxy groups -OCH3 is 1. The number of esters is 1.